The van der Waals surface area contributed by atoms with Crippen LogP contribution in [0.1, 0.15) is 16.1 Å². The summed E-state index contributed by atoms with van der Waals surface area (Å²) in [5.41, 5.74) is 1.84. The molecule has 1 aromatic heterocycles. The van der Waals surface area contributed by atoms with Crippen molar-refractivity contribution < 1.29 is 13.6 Å². The molecule has 0 saturated heterocycles. The number of nitrogens with one attached hydrogen (secondary N) is 1. The van der Waals surface area contributed by atoms with Crippen LogP contribution in [0.4, 0.5) is 26.0 Å². The van der Waals surface area contributed by atoms with Gasteiger partial charge < -0.3 is 10.2 Å². The summed E-state index contributed by atoms with van der Waals surface area (Å²) in [7, 11) is 0. The van der Waals surface area contributed by atoms with Gasteiger partial charge >= 0.3 is 0 Å². The molecule has 2 aromatic carbocycles. The molecule has 0 bridgehead atoms. The van der Waals surface area contributed by atoms with Crippen LogP contribution >= 0.6 is 0 Å². The fourth-order valence-electron chi connectivity index (χ4n) is 2.95. The second-order valence-electron chi connectivity index (χ2n) is 5.86. The summed E-state index contributed by atoms with van der Waals surface area (Å²) in [6.45, 7) is 0.584. The molecule has 0 atom stereocenters. The number of fused-ring (bicyclic) bond motifs is 1. The molecule has 26 heavy (non-hydrogen) atoms. The van der Waals surface area contributed by atoms with Crippen LogP contribution in [0.5, 0.6) is 0 Å². The highest BCUT2D eigenvalue weighted by atomic mass is 19.1. The molecule has 0 spiro atoms. The van der Waals surface area contributed by atoms with Gasteiger partial charge in [-0.15, -0.1) is 10.2 Å². The zero-order chi connectivity index (χ0) is 18.1. The van der Waals surface area contributed by atoms with E-state index in [4.69, 9.17) is 0 Å². The number of aromatic nitrogens is 2. The first-order valence-corrected chi connectivity index (χ1v) is 8.08. The second-order valence-corrected chi connectivity index (χ2v) is 5.86. The van der Waals surface area contributed by atoms with E-state index in [0.29, 0.717) is 6.54 Å². The number of carbonyl (C=O) groups is 1. The van der Waals surface area contributed by atoms with E-state index >= 15 is 0 Å². The van der Waals surface area contributed by atoms with E-state index in [0.717, 1.165) is 29.8 Å². The molecule has 1 aliphatic rings. The third-order valence-electron chi connectivity index (χ3n) is 4.23. The lowest BCUT2D eigenvalue weighted by molar-refractivity contribution is 0.0983. The van der Waals surface area contributed by atoms with Gasteiger partial charge in [0.25, 0.3) is 5.91 Å². The van der Waals surface area contributed by atoms with Gasteiger partial charge in [0.2, 0.25) is 0 Å². The van der Waals surface area contributed by atoms with Crippen molar-refractivity contribution >= 4 is 23.1 Å². The number of nitrogens with zero attached hydrogens (tertiary/aromatic N) is 3. The molecule has 0 aliphatic carbocycles. The molecule has 7 heteroatoms. The van der Waals surface area contributed by atoms with E-state index in [9.17, 15) is 13.6 Å². The predicted molar refractivity (Wildman–Crippen MR) is 93.5 cm³/mol. The highest BCUT2D eigenvalue weighted by Crippen LogP contribution is 2.28. The van der Waals surface area contributed by atoms with Crippen molar-refractivity contribution in [2.75, 3.05) is 16.8 Å². The number of benzene rings is 2. The number of halogens is 2. The zero-order valence-corrected chi connectivity index (χ0v) is 13.6. The Bertz CT molecular complexity index is 955. The maximum Gasteiger partial charge on any atom is 0.278 e. The van der Waals surface area contributed by atoms with E-state index in [1.54, 1.807) is 4.90 Å². The number of anilines is 3. The van der Waals surface area contributed by atoms with Crippen LogP contribution in [0.25, 0.3) is 0 Å². The molecule has 0 radical (unpaired) electrons. The van der Waals surface area contributed by atoms with Crippen molar-refractivity contribution in [3.63, 3.8) is 0 Å². The maximum absolute atomic E-state index is 13.7. The summed E-state index contributed by atoms with van der Waals surface area (Å²) in [6.07, 6.45) is 0.793. The average molecular weight is 352 g/mol. The first kappa shape index (κ1) is 16.1. The summed E-state index contributed by atoms with van der Waals surface area (Å²) in [5, 5.41) is 10.3. The molecule has 1 amide bonds. The van der Waals surface area contributed by atoms with Crippen LogP contribution in [0, 0.1) is 11.6 Å². The van der Waals surface area contributed by atoms with E-state index < -0.39 is 11.6 Å². The Morgan fingerprint density at radius 2 is 1.73 bits per heavy atom. The van der Waals surface area contributed by atoms with Crippen molar-refractivity contribution in [2.45, 2.75) is 6.42 Å². The Morgan fingerprint density at radius 3 is 2.46 bits per heavy atom. The van der Waals surface area contributed by atoms with Gasteiger partial charge in [-0.3, -0.25) is 4.79 Å². The number of hydrogen-bond acceptors (Lipinski definition) is 4. The Morgan fingerprint density at radius 1 is 0.962 bits per heavy atom. The molecule has 0 saturated carbocycles. The predicted octanol–water partition coefficient (Wildman–Crippen LogP) is 3.70. The topological polar surface area (TPSA) is 58.1 Å². The molecule has 0 unspecified atom stereocenters. The first-order valence-electron chi connectivity index (χ1n) is 8.08. The summed E-state index contributed by atoms with van der Waals surface area (Å²) in [5.74, 6) is -1.58. The molecule has 3 aromatic rings. The first-order chi connectivity index (χ1) is 12.6. The van der Waals surface area contributed by atoms with Crippen LogP contribution in [0.2, 0.25) is 0 Å². The normalized spacial score (nSPS) is 12.8. The zero-order valence-electron chi connectivity index (χ0n) is 13.6. The lowest BCUT2D eigenvalue weighted by Gasteiger charge is -2.16. The summed E-state index contributed by atoms with van der Waals surface area (Å²) in [4.78, 5) is 14.3. The van der Waals surface area contributed by atoms with Gasteiger partial charge in [0.15, 0.2) is 11.5 Å². The Kier molecular flexibility index (Phi) is 4.04. The molecule has 0 fully saturated rings. The molecule has 1 N–H and O–H groups in total. The third-order valence-corrected chi connectivity index (χ3v) is 4.23. The number of amides is 1. The Hall–Kier alpha value is -3.35. The molecular weight excluding hydrogens is 338 g/mol. The fraction of sp³-hybridized carbons (Fsp3) is 0.105. The van der Waals surface area contributed by atoms with E-state index in [-0.39, 0.29) is 23.1 Å². The highest BCUT2D eigenvalue weighted by Gasteiger charge is 2.26. The highest BCUT2D eigenvalue weighted by molar-refractivity contribution is 6.06. The van der Waals surface area contributed by atoms with Gasteiger partial charge in [0, 0.05) is 12.2 Å². The van der Waals surface area contributed by atoms with Gasteiger partial charge in [0.05, 0.1) is 0 Å². The average Bonchev–Trinajstić information content (AvgIpc) is 3.09. The monoisotopic (exact) mass is 352 g/mol. The molecule has 4 rings (SSSR count). The smallest absolute Gasteiger partial charge is 0.278 e. The Labute approximate surface area is 148 Å². The number of para-hydroxylation sites is 2. The van der Waals surface area contributed by atoms with E-state index in [2.05, 4.69) is 15.5 Å². The molecule has 130 valence electrons. The number of carbonyl (C=O) groups excluding carboxylic acids is 1. The van der Waals surface area contributed by atoms with Gasteiger partial charge in [-0.1, -0.05) is 24.3 Å². The van der Waals surface area contributed by atoms with Crippen LogP contribution in [0.15, 0.2) is 54.6 Å². The standard InChI is InChI=1S/C19H14F2N4O/c20-13-5-3-6-14(21)18(13)22-17-9-8-15(23-24-17)19(26)25-11-10-12-4-1-2-7-16(12)25/h1-9H,10-11H2,(H,22,24). The fourth-order valence-corrected chi connectivity index (χ4v) is 2.95. The van der Waals surface area contributed by atoms with Crippen molar-refractivity contribution in [3.8, 4) is 0 Å². The number of rotatable bonds is 3. The van der Waals surface area contributed by atoms with E-state index in [1.165, 1.54) is 18.2 Å². The maximum atomic E-state index is 13.7. The van der Waals surface area contributed by atoms with Crippen molar-refractivity contribution in [3.05, 3.63) is 77.5 Å². The minimum absolute atomic E-state index is 0.146. The van der Waals surface area contributed by atoms with Crippen LogP contribution in [0.3, 0.4) is 0 Å². The van der Waals surface area contributed by atoms with E-state index in [1.807, 2.05) is 24.3 Å². The van der Waals surface area contributed by atoms with Crippen molar-refractivity contribution in [2.24, 2.45) is 0 Å². The minimum Gasteiger partial charge on any atom is -0.334 e. The third kappa shape index (κ3) is 2.88. The van der Waals surface area contributed by atoms with Crippen LogP contribution in [-0.2, 0) is 6.42 Å². The molecular formula is C19H14F2N4O. The molecule has 2 heterocycles. The SMILES string of the molecule is O=C(c1ccc(Nc2c(F)cccc2F)nn1)N1CCc2ccccc21. The van der Waals surface area contributed by atoms with Gasteiger partial charge in [0.1, 0.15) is 17.3 Å². The van der Waals surface area contributed by atoms with Crippen LogP contribution in [-0.4, -0.2) is 22.6 Å². The van der Waals surface area contributed by atoms with Crippen molar-refractivity contribution in [1.29, 1.82) is 0 Å². The second kappa shape index (κ2) is 6.51. The minimum atomic E-state index is -0.736. The summed E-state index contributed by atoms with van der Waals surface area (Å²) in [6, 6.07) is 14.2. The largest absolute Gasteiger partial charge is 0.334 e. The van der Waals surface area contributed by atoms with Crippen molar-refractivity contribution in [1.82, 2.24) is 10.2 Å². The summed E-state index contributed by atoms with van der Waals surface area (Å²) >= 11 is 0. The van der Waals surface area contributed by atoms with Gasteiger partial charge in [-0.2, -0.15) is 0 Å². The van der Waals surface area contributed by atoms with Gasteiger partial charge in [-0.25, -0.2) is 8.78 Å². The number of hydrogen-bond donors (Lipinski definition) is 1. The Balaban J connectivity index is 1.54. The quantitative estimate of drug-likeness (QED) is 0.781. The molecule has 1 aliphatic heterocycles. The molecule has 5 nitrogen and oxygen atoms in total. The summed E-state index contributed by atoms with van der Waals surface area (Å²) < 4.78 is 27.4. The van der Waals surface area contributed by atoms with Crippen LogP contribution < -0.4 is 10.2 Å². The lowest BCUT2D eigenvalue weighted by Crippen LogP contribution is -2.29. The lowest BCUT2D eigenvalue weighted by atomic mass is 10.2. The van der Waals surface area contributed by atoms with Gasteiger partial charge in [-0.05, 0) is 42.3 Å².